The summed E-state index contributed by atoms with van der Waals surface area (Å²) in [6, 6.07) is 9.54. The minimum absolute atomic E-state index is 0.137. The van der Waals surface area contributed by atoms with Crippen LogP contribution in [0.5, 0.6) is 0 Å². The largest absolute Gasteiger partial charge is 0.351 e. The maximum Gasteiger partial charge on any atom is 0.269 e. The molecule has 0 bridgehead atoms. The van der Waals surface area contributed by atoms with Crippen LogP contribution in [0.2, 0.25) is 0 Å². The minimum Gasteiger partial charge on any atom is -0.351 e. The predicted molar refractivity (Wildman–Crippen MR) is 74.0 cm³/mol. The molecule has 0 spiro atoms. The van der Waals surface area contributed by atoms with Gasteiger partial charge in [0, 0.05) is 24.5 Å². The molecule has 0 fully saturated rings. The summed E-state index contributed by atoms with van der Waals surface area (Å²) in [6.07, 6.45) is 2.85. The molecule has 0 aliphatic carbocycles. The molecule has 1 aromatic carbocycles. The fourth-order valence-corrected chi connectivity index (χ4v) is 1.84. The lowest BCUT2D eigenvalue weighted by molar-refractivity contribution is -0.117. The Kier molecular flexibility index (Phi) is 4.23. The van der Waals surface area contributed by atoms with Gasteiger partial charge in [-0.3, -0.25) is 9.78 Å². The number of hydrogen-bond donors (Lipinski definition) is 1. The second-order valence-electron chi connectivity index (χ2n) is 4.48. The molecule has 4 nitrogen and oxygen atoms in total. The Bertz CT molecular complexity index is 608. The molecule has 0 aliphatic rings. The number of hydrogen-bond acceptors (Lipinski definition) is 3. The number of rotatable bonds is 5. The maximum atomic E-state index is 11.9. The second-order valence-corrected chi connectivity index (χ2v) is 4.48. The van der Waals surface area contributed by atoms with Crippen LogP contribution in [-0.4, -0.2) is 23.2 Å². The zero-order valence-electron chi connectivity index (χ0n) is 10.8. The summed E-state index contributed by atoms with van der Waals surface area (Å²) in [5, 5.41) is 4.77. The summed E-state index contributed by atoms with van der Waals surface area (Å²) in [5.74, 6) is -0.0626. The molecule has 19 heavy (non-hydrogen) atoms. The third-order valence-corrected chi connectivity index (χ3v) is 2.85. The summed E-state index contributed by atoms with van der Waals surface area (Å²) < 4.78 is 0. The van der Waals surface area contributed by atoms with Crippen LogP contribution in [0.4, 0.5) is 0 Å². The standard InChI is InChI=1S/C15H16N2O2/c1-11(18)5-4-8-16-15(19)14-9-12-6-2-3-7-13(12)10-17-14/h2-3,6-7,9-10H,4-5,8H2,1H3,(H,16,19). The van der Waals surface area contributed by atoms with Crippen molar-refractivity contribution in [3.05, 3.63) is 42.2 Å². The van der Waals surface area contributed by atoms with Gasteiger partial charge in [-0.1, -0.05) is 24.3 Å². The summed E-state index contributed by atoms with van der Waals surface area (Å²) in [5.41, 5.74) is 0.404. The molecule has 98 valence electrons. The van der Waals surface area contributed by atoms with Crippen molar-refractivity contribution >= 4 is 22.5 Å². The van der Waals surface area contributed by atoms with Gasteiger partial charge in [-0.15, -0.1) is 0 Å². The van der Waals surface area contributed by atoms with Gasteiger partial charge in [0.2, 0.25) is 0 Å². The fraction of sp³-hybridized carbons (Fsp3) is 0.267. The average Bonchev–Trinajstić information content (AvgIpc) is 2.42. The van der Waals surface area contributed by atoms with E-state index in [0.717, 1.165) is 10.8 Å². The Balaban J connectivity index is 1.99. The van der Waals surface area contributed by atoms with Crippen LogP contribution in [-0.2, 0) is 4.79 Å². The highest BCUT2D eigenvalue weighted by Gasteiger charge is 2.07. The van der Waals surface area contributed by atoms with Crippen LogP contribution in [0.15, 0.2) is 36.5 Å². The van der Waals surface area contributed by atoms with Gasteiger partial charge < -0.3 is 10.1 Å². The van der Waals surface area contributed by atoms with E-state index in [1.807, 2.05) is 24.3 Å². The SMILES string of the molecule is CC(=O)CCCNC(=O)c1cc2ccccc2cn1. The zero-order valence-corrected chi connectivity index (χ0v) is 10.8. The number of carbonyl (C=O) groups is 2. The van der Waals surface area contributed by atoms with Gasteiger partial charge >= 0.3 is 0 Å². The van der Waals surface area contributed by atoms with Gasteiger partial charge in [-0.2, -0.15) is 0 Å². The molecule has 0 atom stereocenters. The molecular weight excluding hydrogens is 240 g/mol. The van der Waals surface area contributed by atoms with Crippen LogP contribution < -0.4 is 5.32 Å². The van der Waals surface area contributed by atoms with Crippen LogP contribution in [0, 0.1) is 0 Å². The number of Topliss-reactive ketones (excluding diaryl/α,β-unsaturated/α-hetero) is 1. The molecule has 0 saturated heterocycles. The van der Waals surface area contributed by atoms with Gasteiger partial charge in [0.15, 0.2) is 0 Å². The van der Waals surface area contributed by atoms with Crippen molar-refractivity contribution in [2.24, 2.45) is 0 Å². The fourth-order valence-electron chi connectivity index (χ4n) is 1.84. The second kappa shape index (κ2) is 6.09. The molecule has 2 aromatic rings. The Labute approximate surface area is 111 Å². The Morgan fingerprint density at radius 1 is 1.21 bits per heavy atom. The first-order valence-electron chi connectivity index (χ1n) is 6.29. The molecule has 0 radical (unpaired) electrons. The first-order valence-corrected chi connectivity index (χ1v) is 6.29. The topological polar surface area (TPSA) is 59.1 Å². The summed E-state index contributed by atoms with van der Waals surface area (Å²) in [4.78, 5) is 26.8. The maximum absolute atomic E-state index is 11.9. The van der Waals surface area contributed by atoms with Gasteiger partial charge in [0.25, 0.3) is 5.91 Å². The average molecular weight is 256 g/mol. The number of aromatic nitrogens is 1. The number of ketones is 1. The van der Waals surface area contributed by atoms with E-state index in [0.29, 0.717) is 25.1 Å². The summed E-state index contributed by atoms with van der Waals surface area (Å²) in [7, 11) is 0. The molecule has 1 heterocycles. The van der Waals surface area contributed by atoms with E-state index in [4.69, 9.17) is 0 Å². The Morgan fingerprint density at radius 2 is 1.95 bits per heavy atom. The number of benzene rings is 1. The van der Waals surface area contributed by atoms with Crippen LogP contribution in [0.1, 0.15) is 30.3 Å². The van der Waals surface area contributed by atoms with Gasteiger partial charge in [-0.05, 0) is 24.8 Å². The molecular formula is C15H16N2O2. The van der Waals surface area contributed by atoms with E-state index in [-0.39, 0.29) is 11.7 Å². The molecule has 1 N–H and O–H groups in total. The van der Waals surface area contributed by atoms with Crippen molar-refractivity contribution < 1.29 is 9.59 Å². The third-order valence-electron chi connectivity index (χ3n) is 2.85. The predicted octanol–water partition coefficient (Wildman–Crippen LogP) is 2.33. The minimum atomic E-state index is -0.200. The lowest BCUT2D eigenvalue weighted by atomic mass is 10.1. The van der Waals surface area contributed by atoms with E-state index in [2.05, 4.69) is 10.3 Å². The van der Waals surface area contributed by atoms with Gasteiger partial charge in [0.05, 0.1) is 0 Å². The smallest absolute Gasteiger partial charge is 0.269 e. The van der Waals surface area contributed by atoms with E-state index >= 15 is 0 Å². The Morgan fingerprint density at radius 3 is 2.68 bits per heavy atom. The monoisotopic (exact) mass is 256 g/mol. The van der Waals surface area contributed by atoms with Gasteiger partial charge in [-0.25, -0.2) is 0 Å². The van der Waals surface area contributed by atoms with Crippen molar-refractivity contribution in [2.45, 2.75) is 19.8 Å². The van der Waals surface area contributed by atoms with Crippen LogP contribution in [0.25, 0.3) is 10.8 Å². The first kappa shape index (κ1) is 13.2. The lowest BCUT2D eigenvalue weighted by Crippen LogP contribution is -2.25. The van der Waals surface area contributed by atoms with Crippen molar-refractivity contribution in [1.82, 2.24) is 10.3 Å². The lowest BCUT2D eigenvalue weighted by Gasteiger charge is -2.05. The van der Waals surface area contributed by atoms with Crippen LogP contribution >= 0.6 is 0 Å². The van der Waals surface area contributed by atoms with Crippen molar-refractivity contribution in [3.8, 4) is 0 Å². The van der Waals surface area contributed by atoms with E-state index < -0.39 is 0 Å². The van der Waals surface area contributed by atoms with E-state index in [1.165, 1.54) is 0 Å². The molecule has 0 saturated carbocycles. The molecule has 2 rings (SSSR count). The molecule has 1 amide bonds. The highest BCUT2D eigenvalue weighted by Crippen LogP contribution is 2.13. The Hall–Kier alpha value is -2.23. The number of amides is 1. The van der Waals surface area contributed by atoms with E-state index in [9.17, 15) is 9.59 Å². The first-order chi connectivity index (χ1) is 9.16. The van der Waals surface area contributed by atoms with Crippen LogP contribution in [0.3, 0.4) is 0 Å². The third kappa shape index (κ3) is 3.61. The molecule has 4 heteroatoms. The number of nitrogens with zero attached hydrogens (tertiary/aromatic N) is 1. The highest BCUT2D eigenvalue weighted by atomic mass is 16.1. The highest BCUT2D eigenvalue weighted by molar-refractivity contribution is 5.96. The van der Waals surface area contributed by atoms with Crippen molar-refractivity contribution in [1.29, 1.82) is 0 Å². The van der Waals surface area contributed by atoms with E-state index in [1.54, 1.807) is 19.2 Å². The molecule has 0 unspecified atom stereocenters. The zero-order chi connectivity index (χ0) is 13.7. The normalized spacial score (nSPS) is 10.4. The molecule has 0 aliphatic heterocycles. The number of fused-ring (bicyclic) bond motifs is 1. The molecule has 1 aromatic heterocycles. The van der Waals surface area contributed by atoms with Crippen molar-refractivity contribution in [2.75, 3.05) is 6.54 Å². The summed E-state index contributed by atoms with van der Waals surface area (Å²) in [6.45, 7) is 2.04. The quantitative estimate of drug-likeness (QED) is 0.835. The number of nitrogens with one attached hydrogen (secondary N) is 1. The number of carbonyl (C=O) groups excluding carboxylic acids is 2. The van der Waals surface area contributed by atoms with Gasteiger partial charge in [0.1, 0.15) is 11.5 Å². The van der Waals surface area contributed by atoms with Crippen molar-refractivity contribution in [3.63, 3.8) is 0 Å². The number of pyridine rings is 1. The summed E-state index contributed by atoms with van der Waals surface area (Å²) >= 11 is 0.